The summed E-state index contributed by atoms with van der Waals surface area (Å²) in [5, 5.41) is 13.2. The first-order valence-corrected chi connectivity index (χ1v) is 12.5. The zero-order chi connectivity index (χ0) is 24.8. The Balaban J connectivity index is 1.62. The minimum Gasteiger partial charge on any atom is -0.351 e. The molecule has 4 rings (SSSR count). The van der Waals surface area contributed by atoms with Crippen molar-refractivity contribution in [3.63, 3.8) is 0 Å². The maximum atomic E-state index is 13.5. The van der Waals surface area contributed by atoms with Crippen LogP contribution in [0.2, 0.25) is 5.02 Å². The van der Waals surface area contributed by atoms with Crippen molar-refractivity contribution in [2.75, 3.05) is 11.4 Å². The summed E-state index contributed by atoms with van der Waals surface area (Å²) in [5.74, 6) is -0.673. The topological polar surface area (TPSA) is 73.2 Å². The van der Waals surface area contributed by atoms with Crippen LogP contribution in [0.15, 0.2) is 89.5 Å². The molecule has 1 N–H and O–H groups in total. The van der Waals surface area contributed by atoms with Crippen LogP contribution in [0.25, 0.3) is 0 Å². The minimum atomic E-state index is -0.508. The molecule has 3 aromatic carbocycles. The predicted molar refractivity (Wildman–Crippen MR) is 141 cm³/mol. The molecule has 35 heavy (non-hydrogen) atoms. The lowest BCUT2D eigenvalue weighted by molar-refractivity contribution is -0.117. The van der Waals surface area contributed by atoms with Crippen LogP contribution in [0.3, 0.4) is 0 Å². The molecular formula is C28H24ClN3O2S. The van der Waals surface area contributed by atoms with E-state index in [9.17, 15) is 14.9 Å². The molecule has 0 radical (unpaired) electrons. The van der Waals surface area contributed by atoms with Gasteiger partial charge in [0.2, 0.25) is 5.91 Å². The lowest BCUT2D eigenvalue weighted by atomic mass is 10.1. The van der Waals surface area contributed by atoms with Gasteiger partial charge in [-0.3, -0.25) is 14.5 Å². The van der Waals surface area contributed by atoms with Crippen molar-refractivity contribution in [2.24, 2.45) is 0 Å². The van der Waals surface area contributed by atoms with Gasteiger partial charge >= 0.3 is 0 Å². The zero-order valence-corrected chi connectivity index (χ0v) is 20.8. The van der Waals surface area contributed by atoms with Crippen molar-refractivity contribution < 1.29 is 9.59 Å². The molecule has 0 aromatic heterocycles. The van der Waals surface area contributed by atoms with Gasteiger partial charge in [0.15, 0.2) is 0 Å². The van der Waals surface area contributed by atoms with E-state index in [-0.39, 0.29) is 11.5 Å². The van der Waals surface area contributed by atoms with Gasteiger partial charge in [0.25, 0.3) is 5.91 Å². The van der Waals surface area contributed by atoms with Crippen molar-refractivity contribution in [2.45, 2.75) is 25.0 Å². The van der Waals surface area contributed by atoms with Crippen LogP contribution in [0.4, 0.5) is 5.69 Å². The highest BCUT2D eigenvalue weighted by molar-refractivity contribution is 8.05. The molecule has 1 aliphatic rings. The molecule has 0 spiro atoms. The van der Waals surface area contributed by atoms with Crippen LogP contribution in [-0.2, 0) is 22.4 Å². The first kappa shape index (κ1) is 24.6. The van der Waals surface area contributed by atoms with E-state index < -0.39 is 11.2 Å². The van der Waals surface area contributed by atoms with Crippen LogP contribution in [-0.4, -0.2) is 23.6 Å². The molecule has 176 valence electrons. The number of carbonyl (C=O) groups is 2. The van der Waals surface area contributed by atoms with Gasteiger partial charge in [-0.25, -0.2) is 0 Å². The third-order valence-corrected chi connectivity index (χ3v) is 7.33. The Hall–Kier alpha value is -3.53. The van der Waals surface area contributed by atoms with Gasteiger partial charge in [-0.15, -0.1) is 0 Å². The maximum absolute atomic E-state index is 13.5. The summed E-state index contributed by atoms with van der Waals surface area (Å²) in [6.45, 7) is 2.34. The third-order valence-electron chi connectivity index (χ3n) is 5.70. The lowest BCUT2D eigenvalue weighted by Crippen LogP contribution is -2.32. The molecule has 0 saturated carbocycles. The number of rotatable bonds is 7. The maximum Gasteiger partial charge on any atom is 0.264 e. The third kappa shape index (κ3) is 5.76. The summed E-state index contributed by atoms with van der Waals surface area (Å²) >= 11 is 7.58. The fourth-order valence-electron chi connectivity index (χ4n) is 3.83. The molecule has 2 amide bonds. The van der Waals surface area contributed by atoms with Crippen LogP contribution in [0.5, 0.6) is 0 Å². The van der Waals surface area contributed by atoms with Crippen LogP contribution < -0.4 is 10.2 Å². The fourth-order valence-corrected chi connectivity index (χ4v) is 5.34. The van der Waals surface area contributed by atoms with Crippen LogP contribution in [0, 0.1) is 18.3 Å². The Labute approximate surface area is 214 Å². The number of halogens is 1. The number of anilines is 1. The van der Waals surface area contributed by atoms with E-state index in [1.165, 1.54) is 16.7 Å². The number of carbonyl (C=O) groups excluding carboxylic acids is 2. The Kier molecular flexibility index (Phi) is 7.91. The van der Waals surface area contributed by atoms with Crippen molar-refractivity contribution in [3.05, 3.63) is 111 Å². The molecular weight excluding hydrogens is 478 g/mol. The van der Waals surface area contributed by atoms with E-state index in [0.717, 1.165) is 16.7 Å². The fraction of sp³-hybridized carbons (Fsp3) is 0.179. The standard InChI is InChI=1S/C28H24ClN3O2S/c1-19-11-13-22(14-12-19)32-27(34)25(17-21-9-5-6-10-24(21)29)35-28(32)23(18-30)26(33)31-16-15-20-7-3-2-4-8-20/h2-14,25H,15-17H2,1H3,(H,31,33)/b28-23-/t25-/m0/s1. The summed E-state index contributed by atoms with van der Waals surface area (Å²) in [4.78, 5) is 28.1. The molecule has 1 fully saturated rings. The van der Waals surface area contributed by atoms with E-state index in [1.54, 1.807) is 6.07 Å². The average Bonchev–Trinajstić information content (AvgIpc) is 3.17. The van der Waals surface area contributed by atoms with Crippen molar-refractivity contribution in [1.29, 1.82) is 5.26 Å². The summed E-state index contributed by atoms with van der Waals surface area (Å²) in [7, 11) is 0. The second-order valence-electron chi connectivity index (χ2n) is 8.19. The van der Waals surface area contributed by atoms with Crippen molar-refractivity contribution in [3.8, 4) is 6.07 Å². The smallest absolute Gasteiger partial charge is 0.264 e. The number of nitrogens with zero attached hydrogens (tertiary/aromatic N) is 2. The number of benzene rings is 3. The predicted octanol–water partition coefficient (Wildman–Crippen LogP) is 5.43. The molecule has 1 aliphatic heterocycles. The van der Waals surface area contributed by atoms with Gasteiger partial charge in [-0.2, -0.15) is 5.26 Å². The summed E-state index contributed by atoms with van der Waals surface area (Å²) in [6.07, 6.45) is 1.03. The molecule has 1 heterocycles. The summed E-state index contributed by atoms with van der Waals surface area (Å²) in [5.41, 5.74) is 3.53. The average molecular weight is 502 g/mol. The van der Waals surface area contributed by atoms with E-state index in [1.807, 2.05) is 85.8 Å². The van der Waals surface area contributed by atoms with Gasteiger partial charge < -0.3 is 5.32 Å². The largest absolute Gasteiger partial charge is 0.351 e. The normalized spacial score (nSPS) is 16.7. The van der Waals surface area contributed by atoms with Gasteiger partial charge in [0.05, 0.1) is 5.25 Å². The first-order chi connectivity index (χ1) is 17.0. The molecule has 1 atom stereocenters. The molecule has 0 unspecified atom stereocenters. The van der Waals surface area contributed by atoms with E-state index in [0.29, 0.717) is 35.1 Å². The van der Waals surface area contributed by atoms with Crippen molar-refractivity contribution in [1.82, 2.24) is 5.32 Å². The van der Waals surface area contributed by atoms with E-state index in [4.69, 9.17) is 11.6 Å². The summed E-state index contributed by atoms with van der Waals surface area (Å²) < 4.78 is 0. The number of amides is 2. The number of hydrogen-bond donors (Lipinski definition) is 1. The van der Waals surface area contributed by atoms with Crippen LogP contribution >= 0.6 is 23.4 Å². The number of nitriles is 1. The Morgan fingerprint density at radius 2 is 1.74 bits per heavy atom. The Morgan fingerprint density at radius 1 is 1.06 bits per heavy atom. The SMILES string of the molecule is Cc1ccc(N2C(=O)[C@H](Cc3ccccc3Cl)S/C2=C(/C#N)C(=O)NCCc2ccccc2)cc1. The van der Waals surface area contributed by atoms with Gasteiger partial charge in [-0.1, -0.05) is 89.6 Å². The number of hydrogen-bond acceptors (Lipinski definition) is 4. The second kappa shape index (κ2) is 11.3. The highest BCUT2D eigenvalue weighted by Crippen LogP contribution is 2.42. The van der Waals surface area contributed by atoms with Gasteiger partial charge in [0.1, 0.15) is 16.7 Å². The molecule has 7 heteroatoms. The number of aryl methyl sites for hydroxylation is 1. The Morgan fingerprint density at radius 3 is 2.43 bits per heavy atom. The highest BCUT2D eigenvalue weighted by atomic mass is 35.5. The summed E-state index contributed by atoms with van der Waals surface area (Å²) in [6, 6.07) is 26.7. The van der Waals surface area contributed by atoms with Crippen molar-refractivity contribution >= 4 is 40.9 Å². The Bertz CT molecular complexity index is 1300. The van der Waals surface area contributed by atoms with Gasteiger partial charge in [0, 0.05) is 17.3 Å². The van der Waals surface area contributed by atoms with Gasteiger partial charge in [-0.05, 0) is 49.1 Å². The number of nitrogens with one attached hydrogen (secondary N) is 1. The molecule has 1 saturated heterocycles. The number of thioether (sulfide) groups is 1. The highest BCUT2D eigenvalue weighted by Gasteiger charge is 2.41. The molecule has 5 nitrogen and oxygen atoms in total. The van der Waals surface area contributed by atoms with E-state index >= 15 is 0 Å². The second-order valence-corrected chi connectivity index (χ2v) is 9.79. The van der Waals surface area contributed by atoms with E-state index in [2.05, 4.69) is 5.32 Å². The van der Waals surface area contributed by atoms with Crippen LogP contribution in [0.1, 0.15) is 16.7 Å². The molecule has 0 aliphatic carbocycles. The quantitative estimate of drug-likeness (QED) is 0.346. The zero-order valence-electron chi connectivity index (χ0n) is 19.2. The lowest BCUT2D eigenvalue weighted by Gasteiger charge is -2.19. The minimum absolute atomic E-state index is 0.0707. The molecule has 3 aromatic rings. The first-order valence-electron chi connectivity index (χ1n) is 11.2. The monoisotopic (exact) mass is 501 g/mol. The molecule has 0 bridgehead atoms.